The number of rotatable bonds is 3. The van der Waals surface area contributed by atoms with Crippen LogP contribution in [0.4, 0.5) is 5.95 Å². The van der Waals surface area contributed by atoms with Gasteiger partial charge in [0, 0.05) is 19.1 Å². The number of ether oxygens (including phenoxy) is 1. The molecule has 0 spiro atoms. The Labute approximate surface area is 100 Å². The van der Waals surface area contributed by atoms with E-state index in [-0.39, 0.29) is 12.0 Å². The van der Waals surface area contributed by atoms with Gasteiger partial charge in [0.1, 0.15) is 0 Å². The van der Waals surface area contributed by atoms with Gasteiger partial charge in [-0.3, -0.25) is 0 Å². The maximum Gasteiger partial charge on any atom is 0.266 e. The second-order valence-corrected chi connectivity index (χ2v) is 4.67. The van der Waals surface area contributed by atoms with Crippen LogP contribution in [0.1, 0.15) is 24.7 Å². The van der Waals surface area contributed by atoms with Crippen molar-refractivity contribution >= 4 is 5.95 Å². The van der Waals surface area contributed by atoms with E-state index in [1.807, 2.05) is 7.05 Å². The van der Waals surface area contributed by atoms with Gasteiger partial charge in [-0.25, -0.2) is 0 Å². The van der Waals surface area contributed by atoms with Crippen molar-refractivity contribution < 1.29 is 9.26 Å². The van der Waals surface area contributed by atoms with Crippen LogP contribution in [-0.4, -0.2) is 49.5 Å². The summed E-state index contributed by atoms with van der Waals surface area (Å²) in [7, 11) is 1.93. The van der Waals surface area contributed by atoms with E-state index in [0.29, 0.717) is 19.1 Å². The Morgan fingerprint density at radius 3 is 2.88 bits per heavy atom. The quantitative estimate of drug-likeness (QED) is 0.821. The molecule has 1 aromatic heterocycles. The maximum absolute atomic E-state index is 5.45. The van der Waals surface area contributed by atoms with Gasteiger partial charge >= 0.3 is 0 Å². The molecule has 6 nitrogen and oxygen atoms in total. The fourth-order valence-electron chi connectivity index (χ4n) is 2.51. The van der Waals surface area contributed by atoms with Gasteiger partial charge in [0.05, 0.1) is 19.1 Å². The SMILES string of the molecule is CNC1COCC1c1nc(N2CCCC2)no1. The summed E-state index contributed by atoms with van der Waals surface area (Å²) in [6, 6.07) is 0.280. The van der Waals surface area contributed by atoms with Crippen LogP contribution in [-0.2, 0) is 4.74 Å². The van der Waals surface area contributed by atoms with Crippen LogP contribution in [0, 0.1) is 0 Å². The largest absolute Gasteiger partial charge is 0.379 e. The molecule has 2 aliphatic heterocycles. The van der Waals surface area contributed by atoms with E-state index < -0.39 is 0 Å². The molecule has 0 amide bonds. The Balaban J connectivity index is 1.75. The molecule has 2 fully saturated rings. The lowest BCUT2D eigenvalue weighted by Gasteiger charge is -2.12. The zero-order valence-corrected chi connectivity index (χ0v) is 10.1. The summed E-state index contributed by atoms with van der Waals surface area (Å²) in [5, 5.41) is 7.29. The van der Waals surface area contributed by atoms with Crippen LogP contribution in [0.25, 0.3) is 0 Å². The van der Waals surface area contributed by atoms with Gasteiger partial charge in [-0.2, -0.15) is 4.98 Å². The minimum atomic E-state index is 0.184. The number of hydrogen-bond acceptors (Lipinski definition) is 6. The van der Waals surface area contributed by atoms with Crippen molar-refractivity contribution in [1.29, 1.82) is 0 Å². The molecule has 0 bridgehead atoms. The van der Waals surface area contributed by atoms with Gasteiger partial charge in [-0.15, -0.1) is 0 Å². The zero-order valence-electron chi connectivity index (χ0n) is 10.1. The van der Waals surface area contributed by atoms with Crippen molar-refractivity contribution in [2.24, 2.45) is 0 Å². The molecule has 3 rings (SSSR count). The minimum absolute atomic E-state index is 0.184. The van der Waals surface area contributed by atoms with Crippen LogP contribution >= 0.6 is 0 Å². The molecule has 0 saturated carbocycles. The Bertz CT molecular complexity index is 375. The van der Waals surface area contributed by atoms with E-state index in [9.17, 15) is 0 Å². The number of hydrogen-bond donors (Lipinski definition) is 1. The average Bonchev–Trinajstić information content (AvgIpc) is 3.09. The lowest BCUT2D eigenvalue weighted by molar-refractivity contribution is 0.185. The molecule has 2 aliphatic rings. The third-order valence-corrected chi connectivity index (χ3v) is 3.59. The van der Waals surface area contributed by atoms with Gasteiger partial charge in [0.15, 0.2) is 0 Å². The fourth-order valence-corrected chi connectivity index (χ4v) is 2.51. The molecule has 2 atom stereocenters. The molecule has 1 N–H and O–H groups in total. The van der Waals surface area contributed by atoms with Crippen LogP contribution in [0.15, 0.2) is 4.52 Å². The first kappa shape index (κ1) is 11.0. The van der Waals surface area contributed by atoms with Crippen LogP contribution in [0.5, 0.6) is 0 Å². The average molecular weight is 238 g/mol. The molecule has 2 saturated heterocycles. The van der Waals surface area contributed by atoms with Crippen LogP contribution in [0.2, 0.25) is 0 Å². The van der Waals surface area contributed by atoms with Gasteiger partial charge in [0.2, 0.25) is 5.89 Å². The molecular formula is C11H18N4O2. The highest BCUT2D eigenvalue weighted by Crippen LogP contribution is 2.26. The molecule has 0 aliphatic carbocycles. The monoisotopic (exact) mass is 238 g/mol. The van der Waals surface area contributed by atoms with Gasteiger partial charge in [-0.05, 0) is 25.0 Å². The fraction of sp³-hybridized carbons (Fsp3) is 0.818. The molecule has 0 radical (unpaired) electrons. The molecule has 0 aromatic carbocycles. The molecule has 94 valence electrons. The summed E-state index contributed by atoms with van der Waals surface area (Å²) in [6.45, 7) is 3.45. The van der Waals surface area contributed by atoms with E-state index >= 15 is 0 Å². The van der Waals surface area contributed by atoms with Crippen molar-refractivity contribution in [1.82, 2.24) is 15.5 Å². The van der Waals surface area contributed by atoms with Crippen molar-refractivity contribution in [3.63, 3.8) is 0 Å². The molecule has 17 heavy (non-hydrogen) atoms. The standard InChI is InChI=1S/C11H18N4O2/c1-12-9-7-16-6-8(9)10-13-11(14-17-10)15-4-2-3-5-15/h8-9,12H,2-7H2,1H3. The number of anilines is 1. The minimum Gasteiger partial charge on any atom is -0.379 e. The normalized spacial score (nSPS) is 29.1. The second-order valence-electron chi connectivity index (χ2n) is 4.67. The molecule has 6 heteroatoms. The van der Waals surface area contributed by atoms with Crippen LogP contribution in [0.3, 0.4) is 0 Å². The predicted octanol–water partition coefficient (Wildman–Crippen LogP) is 0.372. The van der Waals surface area contributed by atoms with Gasteiger partial charge < -0.3 is 19.5 Å². The summed E-state index contributed by atoms with van der Waals surface area (Å²) < 4.78 is 10.8. The van der Waals surface area contributed by atoms with Crippen molar-refractivity contribution in [3.8, 4) is 0 Å². The van der Waals surface area contributed by atoms with Crippen molar-refractivity contribution in [2.75, 3.05) is 38.3 Å². The van der Waals surface area contributed by atoms with Crippen molar-refractivity contribution in [2.45, 2.75) is 24.8 Å². The number of nitrogens with zero attached hydrogens (tertiary/aromatic N) is 3. The smallest absolute Gasteiger partial charge is 0.266 e. The Kier molecular flexibility index (Phi) is 2.98. The summed E-state index contributed by atoms with van der Waals surface area (Å²) in [6.07, 6.45) is 2.44. The summed E-state index contributed by atoms with van der Waals surface area (Å²) in [5.74, 6) is 1.62. The molecule has 1 aromatic rings. The number of nitrogens with one attached hydrogen (secondary N) is 1. The summed E-state index contributed by atoms with van der Waals surface area (Å²) >= 11 is 0. The molecular weight excluding hydrogens is 220 g/mol. The van der Waals surface area contributed by atoms with Crippen molar-refractivity contribution in [3.05, 3.63) is 5.89 Å². The highest BCUT2D eigenvalue weighted by Gasteiger charge is 2.33. The first-order chi connectivity index (χ1) is 8.38. The van der Waals surface area contributed by atoms with E-state index in [1.54, 1.807) is 0 Å². The van der Waals surface area contributed by atoms with E-state index in [0.717, 1.165) is 19.0 Å². The maximum atomic E-state index is 5.45. The Hall–Kier alpha value is -1.14. The number of likely N-dealkylation sites (N-methyl/N-ethyl adjacent to an activating group) is 1. The summed E-state index contributed by atoms with van der Waals surface area (Å²) in [4.78, 5) is 6.68. The first-order valence-corrected chi connectivity index (χ1v) is 6.22. The highest BCUT2D eigenvalue weighted by molar-refractivity contribution is 5.29. The first-order valence-electron chi connectivity index (χ1n) is 6.22. The topological polar surface area (TPSA) is 63.4 Å². The van der Waals surface area contributed by atoms with E-state index in [1.165, 1.54) is 12.8 Å². The van der Waals surface area contributed by atoms with Crippen LogP contribution < -0.4 is 10.2 Å². The Morgan fingerprint density at radius 1 is 1.29 bits per heavy atom. The zero-order chi connectivity index (χ0) is 11.7. The van der Waals surface area contributed by atoms with Gasteiger partial charge in [0.25, 0.3) is 5.95 Å². The summed E-state index contributed by atoms with van der Waals surface area (Å²) in [5.41, 5.74) is 0. The Morgan fingerprint density at radius 2 is 2.12 bits per heavy atom. The van der Waals surface area contributed by atoms with Gasteiger partial charge in [-0.1, -0.05) is 0 Å². The molecule has 2 unspecified atom stereocenters. The lowest BCUT2D eigenvalue weighted by atomic mass is 10.0. The number of aromatic nitrogens is 2. The van der Waals surface area contributed by atoms with E-state index in [2.05, 4.69) is 20.4 Å². The lowest BCUT2D eigenvalue weighted by Crippen LogP contribution is -2.31. The second kappa shape index (κ2) is 4.62. The molecule has 3 heterocycles. The third kappa shape index (κ3) is 2.02. The predicted molar refractivity (Wildman–Crippen MR) is 62.2 cm³/mol. The third-order valence-electron chi connectivity index (χ3n) is 3.59. The van der Waals surface area contributed by atoms with E-state index in [4.69, 9.17) is 9.26 Å². The highest BCUT2D eigenvalue weighted by atomic mass is 16.5.